The van der Waals surface area contributed by atoms with Crippen LogP contribution in [0.5, 0.6) is 5.75 Å². The number of hydrogen-bond donors (Lipinski definition) is 0. The minimum Gasteiger partial charge on any atom is -0.490 e. The van der Waals surface area contributed by atoms with E-state index in [1.165, 1.54) is 5.56 Å². The van der Waals surface area contributed by atoms with Gasteiger partial charge in [0.25, 0.3) is 0 Å². The third-order valence-electron chi connectivity index (χ3n) is 3.94. The molecule has 1 aliphatic rings. The molecule has 22 heavy (non-hydrogen) atoms. The topological polar surface area (TPSA) is 53.1 Å². The first kappa shape index (κ1) is 13.1. The monoisotopic (exact) mass is 295 g/mol. The summed E-state index contributed by atoms with van der Waals surface area (Å²) in [6.45, 7) is 4.14. The van der Waals surface area contributed by atoms with E-state index in [2.05, 4.69) is 30.1 Å². The van der Waals surface area contributed by atoms with Gasteiger partial charge in [0, 0.05) is 30.6 Å². The second-order valence-corrected chi connectivity index (χ2v) is 5.58. The van der Waals surface area contributed by atoms with Crippen LogP contribution in [-0.4, -0.2) is 20.8 Å². The number of imidazole rings is 1. The zero-order valence-corrected chi connectivity index (χ0v) is 12.6. The molecular formula is C17H17N3O2. The Hall–Kier alpha value is -2.56. The zero-order chi connectivity index (χ0) is 15.1. The fraction of sp³-hybridized carbons (Fsp3) is 0.294. The second kappa shape index (κ2) is 5.02. The SMILES string of the molecule is CCc1cc(-c2nccn2-c2ccc3c(c2)CC(C)O3)on1. The summed E-state index contributed by atoms with van der Waals surface area (Å²) in [6, 6.07) is 8.16. The molecule has 0 aliphatic carbocycles. The number of benzene rings is 1. The van der Waals surface area contributed by atoms with Crippen LogP contribution in [-0.2, 0) is 12.8 Å². The van der Waals surface area contributed by atoms with Gasteiger partial charge in [-0.15, -0.1) is 0 Å². The smallest absolute Gasteiger partial charge is 0.202 e. The van der Waals surface area contributed by atoms with Crippen LogP contribution in [0.3, 0.4) is 0 Å². The lowest BCUT2D eigenvalue weighted by molar-refractivity contribution is 0.254. The van der Waals surface area contributed by atoms with Gasteiger partial charge in [-0.2, -0.15) is 0 Å². The van der Waals surface area contributed by atoms with Gasteiger partial charge in [-0.25, -0.2) is 4.98 Å². The number of rotatable bonds is 3. The minimum absolute atomic E-state index is 0.244. The van der Waals surface area contributed by atoms with Crippen LogP contribution in [0.4, 0.5) is 0 Å². The molecule has 1 unspecified atom stereocenters. The van der Waals surface area contributed by atoms with Crippen LogP contribution < -0.4 is 4.74 Å². The molecule has 0 spiro atoms. The first-order valence-corrected chi connectivity index (χ1v) is 7.54. The van der Waals surface area contributed by atoms with Crippen molar-refractivity contribution in [2.24, 2.45) is 0 Å². The Morgan fingerprint density at radius 1 is 1.32 bits per heavy atom. The van der Waals surface area contributed by atoms with Gasteiger partial charge < -0.3 is 9.26 Å². The molecule has 2 aromatic heterocycles. The lowest BCUT2D eigenvalue weighted by Crippen LogP contribution is -2.05. The summed E-state index contributed by atoms with van der Waals surface area (Å²) in [7, 11) is 0. The van der Waals surface area contributed by atoms with Crippen molar-refractivity contribution >= 4 is 0 Å². The molecule has 0 N–H and O–H groups in total. The Morgan fingerprint density at radius 3 is 3.05 bits per heavy atom. The van der Waals surface area contributed by atoms with Crippen LogP contribution in [0, 0.1) is 0 Å². The average molecular weight is 295 g/mol. The highest BCUT2D eigenvalue weighted by Crippen LogP contribution is 2.31. The van der Waals surface area contributed by atoms with Gasteiger partial charge in [0.2, 0.25) is 5.76 Å². The Bertz CT molecular complexity index is 819. The molecule has 0 amide bonds. The van der Waals surface area contributed by atoms with Crippen molar-refractivity contribution in [1.82, 2.24) is 14.7 Å². The molecular weight excluding hydrogens is 278 g/mol. The normalized spacial score (nSPS) is 16.5. The van der Waals surface area contributed by atoms with E-state index in [4.69, 9.17) is 9.26 Å². The average Bonchev–Trinajstić information content (AvgIpc) is 3.23. The van der Waals surface area contributed by atoms with Crippen molar-refractivity contribution in [3.05, 3.63) is 47.9 Å². The summed E-state index contributed by atoms with van der Waals surface area (Å²) in [6.07, 6.45) is 5.74. The summed E-state index contributed by atoms with van der Waals surface area (Å²) in [5.41, 5.74) is 3.22. The number of ether oxygens (including phenoxy) is 1. The molecule has 0 saturated heterocycles. The van der Waals surface area contributed by atoms with E-state index in [9.17, 15) is 0 Å². The second-order valence-electron chi connectivity index (χ2n) is 5.58. The summed E-state index contributed by atoms with van der Waals surface area (Å²) in [4.78, 5) is 4.42. The van der Waals surface area contributed by atoms with Gasteiger partial charge in [0.15, 0.2) is 5.82 Å². The van der Waals surface area contributed by atoms with E-state index < -0.39 is 0 Å². The van der Waals surface area contributed by atoms with Crippen molar-refractivity contribution in [2.75, 3.05) is 0 Å². The van der Waals surface area contributed by atoms with Crippen molar-refractivity contribution < 1.29 is 9.26 Å². The summed E-state index contributed by atoms with van der Waals surface area (Å²) in [5.74, 6) is 2.43. The largest absolute Gasteiger partial charge is 0.490 e. The van der Waals surface area contributed by atoms with Gasteiger partial charge in [-0.3, -0.25) is 4.57 Å². The number of aryl methyl sites for hydroxylation is 1. The van der Waals surface area contributed by atoms with Crippen LogP contribution in [0.2, 0.25) is 0 Å². The van der Waals surface area contributed by atoms with E-state index in [1.807, 2.05) is 29.0 Å². The van der Waals surface area contributed by atoms with Gasteiger partial charge >= 0.3 is 0 Å². The van der Waals surface area contributed by atoms with Gasteiger partial charge in [0.1, 0.15) is 11.9 Å². The third kappa shape index (κ3) is 2.09. The van der Waals surface area contributed by atoms with Crippen molar-refractivity contribution in [3.63, 3.8) is 0 Å². The molecule has 4 rings (SSSR count). The lowest BCUT2D eigenvalue weighted by atomic mass is 10.1. The molecule has 0 fully saturated rings. The van der Waals surface area contributed by atoms with E-state index in [-0.39, 0.29) is 6.10 Å². The molecule has 1 aromatic carbocycles. The number of aromatic nitrogens is 3. The molecule has 5 nitrogen and oxygen atoms in total. The zero-order valence-electron chi connectivity index (χ0n) is 12.6. The van der Waals surface area contributed by atoms with E-state index in [0.29, 0.717) is 5.76 Å². The van der Waals surface area contributed by atoms with E-state index in [0.717, 1.165) is 35.8 Å². The highest BCUT2D eigenvalue weighted by Gasteiger charge is 2.20. The van der Waals surface area contributed by atoms with Crippen molar-refractivity contribution in [3.8, 4) is 23.0 Å². The highest BCUT2D eigenvalue weighted by molar-refractivity contribution is 5.55. The minimum atomic E-state index is 0.244. The maximum atomic E-state index is 5.76. The number of hydrogen-bond acceptors (Lipinski definition) is 4. The molecule has 1 aliphatic heterocycles. The van der Waals surface area contributed by atoms with Gasteiger partial charge in [-0.05, 0) is 37.1 Å². The molecule has 3 aromatic rings. The van der Waals surface area contributed by atoms with E-state index in [1.54, 1.807) is 6.20 Å². The molecule has 0 saturated carbocycles. The molecule has 3 heterocycles. The molecule has 112 valence electrons. The quantitative estimate of drug-likeness (QED) is 0.743. The molecule has 5 heteroatoms. The lowest BCUT2D eigenvalue weighted by Gasteiger charge is -2.07. The Kier molecular flexibility index (Phi) is 2.99. The molecule has 0 radical (unpaired) electrons. The predicted molar refractivity (Wildman–Crippen MR) is 82.2 cm³/mol. The van der Waals surface area contributed by atoms with Gasteiger partial charge in [-0.1, -0.05) is 12.1 Å². The van der Waals surface area contributed by atoms with Crippen LogP contribution in [0.25, 0.3) is 17.3 Å². The Balaban J connectivity index is 1.75. The standard InChI is InChI=1S/C17H17N3O2/c1-3-13-10-16(22-19-13)17-18-6-7-20(17)14-4-5-15-12(9-14)8-11(2)21-15/h4-7,9-11H,3,8H2,1-2H3. The fourth-order valence-corrected chi connectivity index (χ4v) is 2.84. The maximum Gasteiger partial charge on any atom is 0.202 e. The van der Waals surface area contributed by atoms with Crippen LogP contribution in [0.1, 0.15) is 25.1 Å². The number of fused-ring (bicyclic) bond motifs is 1. The number of nitrogens with zero attached hydrogens (tertiary/aromatic N) is 3. The Labute approximate surface area is 128 Å². The van der Waals surface area contributed by atoms with Crippen LogP contribution >= 0.6 is 0 Å². The summed E-state index contributed by atoms with van der Waals surface area (Å²) in [5, 5.41) is 4.04. The molecule has 1 atom stereocenters. The first-order chi connectivity index (χ1) is 10.7. The Morgan fingerprint density at radius 2 is 2.23 bits per heavy atom. The summed E-state index contributed by atoms with van der Waals surface area (Å²) < 4.78 is 13.2. The van der Waals surface area contributed by atoms with Crippen molar-refractivity contribution in [1.29, 1.82) is 0 Å². The third-order valence-corrected chi connectivity index (χ3v) is 3.94. The first-order valence-electron chi connectivity index (χ1n) is 7.54. The molecule has 0 bridgehead atoms. The van der Waals surface area contributed by atoms with Gasteiger partial charge in [0.05, 0.1) is 5.69 Å². The van der Waals surface area contributed by atoms with Crippen LogP contribution in [0.15, 0.2) is 41.2 Å². The fourth-order valence-electron chi connectivity index (χ4n) is 2.84. The summed E-state index contributed by atoms with van der Waals surface area (Å²) >= 11 is 0. The highest BCUT2D eigenvalue weighted by atomic mass is 16.5. The maximum absolute atomic E-state index is 5.76. The van der Waals surface area contributed by atoms with E-state index >= 15 is 0 Å². The van der Waals surface area contributed by atoms with Crippen molar-refractivity contribution in [2.45, 2.75) is 32.8 Å². The predicted octanol–water partition coefficient (Wildman–Crippen LogP) is 3.41.